The van der Waals surface area contributed by atoms with E-state index in [-0.39, 0.29) is 4.90 Å². The van der Waals surface area contributed by atoms with E-state index in [1.54, 1.807) is 31.4 Å². The summed E-state index contributed by atoms with van der Waals surface area (Å²) in [6.07, 6.45) is 0. The molecule has 0 aromatic heterocycles. The number of ether oxygens (including phenoxy) is 1. The average Bonchev–Trinajstić information content (AvgIpc) is 2.60. The van der Waals surface area contributed by atoms with Gasteiger partial charge in [-0.05, 0) is 43.7 Å². The van der Waals surface area contributed by atoms with E-state index >= 15 is 0 Å². The van der Waals surface area contributed by atoms with Crippen molar-refractivity contribution in [2.75, 3.05) is 7.11 Å². The van der Waals surface area contributed by atoms with Gasteiger partial charge in [-0.2, -0.15) is 4.72 Å². The molecule has 2 N–H and O–H groups in total. The first kappa shape index (κ1) is 19.0. The highest BCUT2D eigenvalue weighted by molar-refractivity contribution is 7.89. The van der Waals surface area contributed by atoms with Crippen molar-refractivity contribution in [3.63, 3.8) is 0 Å². The van der Waals surface area contributed by atoms with Gasteiger partial charge in [0.2, 0.25) is 15.9 Å². The summed E-state index contributed by atoms with van der Waals surface area (Å²) in [6.45, 7) is 3.69. The summed E-state index contributed by atoms with van der Waals surface area (Å²) >= 11 is 0. The first-order chi connectivity index (χ1) is 11.8. The van der Waals surface area contributed by atoms with Crippen LogP contribution in [-0.2, 0) is 21.4 Å². The summed E-state index contributed by atoms with van der Waals surface area (Å²) in [5.41, 5.74) is 1.85. The predicted molar refractivity (Wildman–Crippen MR) is 95.8 cm³/mol. The molecule has 0 saturated carbocycles. The van der Waals surface area contributed by atoms with Crippen LogP contribution in [0.3, 0.4) is 0 Å². The van der Waals surface area contributed by atoms with Gasteiger partial charge in [0.05, 0.1) is 18.0 Å². The molecule has 2 rings (SSSR count). The molecule has 6 nitrogen and oxygen atoms in total. The first-order valence-electron chi connectivity index (χ1n) is 7.81. The molecule has 7 heteroatoms. The van der Waals surface area contributed by atoms with E-state index in [9.17, 15) is 13.2 Å². The minimum absolute atomic E-state index is 0.132. The van der Waals surface area contributed by atoms with Crippen LogP contribution in [0.2, 0.25) is 0 Å². The van der Waals surface area contributed by atoms with Crippen molar-refractivity contribution in [1.29, 1.82) is 0 Å². The van der Waals surface area contributed by atoms with Crippen LogP contribution in [0.5, 0.6) is 5.75 Å². The second-order valence-electron chi connectivity index (χ2n) is 5.72. The number of aryl methyl sites for hydroxylation is 1. The van der Waals surface area contributed by atoms with Crippen LogP contribution >= 0.6 is 0 Å². The normalized spacial score (nSPS) is 12.4. The lowest BCUT2D eigenvalue weighted by Crippen LogP contribution is -2.44. The second-order valence-corrected chi connectivity index (χ2v) is 7.44. The zero-order valence-corrected chi connectivity index (χ0v) is 15.3. The van der Waals surface area contributed by atoms with E-state index in [2.05, 4.69) is 10.0 Å². The molecule has 0 aliphatic heterocycles. The van der Waals surface area contributed by atoms with Gasteiger partial charge in [-0.25, -0.2) is 8.42 Å². The molecular weight excluding hydrogens is 340 g/mol. The van der Waals surface area contributed by atoms with Gasteiger partial charge in [0, 0.05) is 6.54 Å². The minimum Gasteiger partial charge on any atom is -0.497 e. The number of sulfonamides is 1. The Morgan fingerprint density at radius 1 is 1.08 bits per heavy atom. The summed E-state index contributed by atoms with van der Waals surface area (Å²) in [6, 6.07) is 12.8. The Balaban J connectivity index is 1.93. The topological polar surface area (TPSA) is 84.5 Å². The maximum absolute atomic E-state index is 12.3. The molecule has 2 aromatic rings. The third kappa shape index (κ3) is 5.30. The molecule has 1 unspecified atom stereocenters. The average molecular weight is 362 g/mol. The fourth-order valence-electron chi connectivity index (χ4n) is 2.16. The highest BCUT2D eigenvalue weighted by Crippen LogP contribution is 2.12. The van der Waals surface area contributed by atoms with Crippen LogP contribution in [0.4, 0.5) is 0 Å². The lowest BCUT2D eigenvalue weighted by molar-refractivity contribution is -0.122. The first-order valence-corrected chi connectivity index (χ1v) is 9.30. The summed E-state index contributed by atoms with van der Waals surface area (Å²) in [5.74, 6) is 0.334. The number of nitrogens with one attached hydrogen (secondary N) is 2. The minimum atomic E-state index is -3.74. The van der Waals surface area contributed by atoms with E-state index < -0.39 is 22.0 Å². The van der Waals surface area contributed by atoms with E-state index in [4.69, 9.17) is 4.74 Å². The van der Waals surface area contributed by atoms with Crippen LogP contribution in [0.25, 0.3) is 0 Å². The number of carbonyl (C=O) groups is 1. The van der Waals surface area contributed by atoms with Crippen molar-refractivity contribution in [3.05, 3.63) is 59.7 Å². The Hall–Kier alpha value is -2.38. The lowest BCUT2D eigenvalue weighted by Gasteiger charge is -2.15. The maximum Gasteiger partial charge on any atom is 0.241 e. The fraction of sp³-hybridized carbons (Fsp3) is 0.278. The smallest absolute Gasteiger partial charge is 0.241 e. The van der Waals surface area contributed by atoms with Crippen LogP contribution in [-0.4, -0.2) is 27.5 Å². The van der Waals surface area contributed by atoms with E-state index in [0.29, 0.717) is 6.54 Å². The third-order valence-corrected chi connectivity index (χ3v) is 5.24. The SMILES string of the molecule is COc1ccc(CNC(=O)C(C)NS(=O)(=O)c2ccc(C)cc2)cc1. The molecule has 1 atom stereocenters. The number of rotatable bonds is 7. The lowest BCUT2D eigenvalue weighted by atomic mass is 10.2. The number of hydrogen-bond acceptors (Lipinski definition) is 4. The van der Waals surface area contributed by atoms with Gasteiger partial charge in [-0.3, -0.25) is 4.79 Å². The van der Waals surface area contributed by atoms with Crippen LogP contribution in [0.15, 0.2) is 53.4 Å². The molecule has 0 fully saturated rings. The molecule has 0 aliphatic carbocycles. The van der Waals surface area contributed by atoms with E-state index in [1.807, 2.05) is 19.1 Å². The van der Waals surface area contributed by atoms with Gasteiger partial charge >= 0.3 is 0 Å². The molecule has 2 aromatic carbocycles. The van der Waals surface area contributed by atoms with Crippen LogP contribution in [0, 0.1) is 6.92 Å². The molecule has 0 heterocycles. The monoisotopic (exact) mass is 362 g/mol. The third-order valence-electron chi connectivity index (χ3n) is 3.68. The number of methoxy groups -OCH3 is 1. The standard InChI is InChI=1S/C18H22N2O4S/c1-13-4-10-17(11-5-13)25(22,23)20-14(2)18(21)19-12-15-6-8-16(24-3)9-7-15/h4-11,14,20H,12H2,1-3H3,(H,19,21). The van der Waals surface area contributed by atoms with Crippen molar-refractivity contribution < 1.29 is 17.9 Å². The van der Waals surface area contributed by atoms with Gasteiger partial charge in [0.25, 0.3) is 0 Å². The predicted octanol–water partition coefficient (Wildman–Crippen LogP) is 1.99. The van der Waals surface area contributed by atoms with Crippen molar-refractivity contribution in [2.24, 2.45) is 0 Å². The van der Waals surface area contributed by atoms with Crippen molar-refractivity contribution in [1.82, 2.24) is 10.0 Å². The quantitative estimate of drug-likeness (QED) is 0.789. The van der Waals surface area contributed by atoms with Crippen LogP contribution < -0.4 is 14.8 Å². The number of hydrogen-bond donors (Lipinski definition) is 2. The molecule has 0 radical (unpaired) electrons. The van der Waals surface area contributed by atoms with E-state index in [0.717, 1.165) is 16.9 Å². The molecule has 25 heavy (non-hydrogen) atoms. The Morgan fingerprint density at radius 3 is 2.24 bits per heavy atom. The number of carbonyl (C=O) groups excluding carboxylic acids is 1. The summed E-state index contributed by atoms with van der Waals surface area (Å²) in [5, 5.41) is 2.71. The zero-order valence-electron chi connectivity index (χ0n) is 14.4. The molecule has 134 valence electrons. The maximum atomic E-state index is 12.3. The highest BCUT2D eigenvalue weighted by Gasteiger charge is 2.21. The second kappa shape index (κ2) is 8.13. The summed E-state index contributed by atoms with van der Waals surface area (Å²) in [7, 11) is -2.16. The molecule has 0 aliphatic rings. The fourth-order valence-corrected chi connectivity index (χ4v) is 3.36. The van der Waals surface area contributed by atoms with Gasteiger partial charge in [0.1, 0.15) is 5.75 Å². The Labute approximate surface area is 148 Å². The highest BCUT2D eigenvalue weighted by atomic mass is 32.2. The van der Waals surface area contributed by atoms with Crippen molar-refractivity contribution in [2.45, 2.75) is 31.3 Å². The zero-order chi connectivity index (χ0) is 18.4. The summed E-state index contributed by atoms with van der Waals surface area (Å²) < 4.78 is 32.1. The van der Waals surface area contributed by atoms with Gasteiger partial charge in [-0.15, -0.1) is 0 Å². The van der Waals surface area contributed by atoms with Gasteiger partial charge in [0.15, 0.2) is 0 Å². The number of benzene rings is 2. The Morgan fingerprint density at radius 2 is 1.68 bits per heavy atom. The number of amides is 1. The molecule has 0 spiro atoms. The molecule has 0 saturated heterocycles. The van der Waals surface area contributed by atoms with E-state index in [1.165, 1.54) is 19.1 Å². The largest absolute Gasteiger partial charge is 0.497 e. The van der Waals surface area contributed by atoms with Crippen molar-refractivity contribution in [3.8, 4) is 5.75 Å². The summed E-state index contributed by atoms with van der Waals surface area (Å²) in [4.78, 5) is 12.3. The van der Waals surface area contributed by atoms with Gasteiger partial charge in [-0.1, -0.05) is 29.8 Å². The van der Waals surface area contributed by atoms with Crippen molar-refractivity contribution >= 4 is 15.9 Å². The molecule has 0 bridgehead atoms. The molecule has 1 amide bonds. The molecular formula is C18H22N2O4S. The van der Waals surface area contributed by atoms with Crippen LogP contribution in [0.1, 0.15) is 18.1 Å². The Bertz CT molecular complexity index is 815. The Kier molecular flexibility index (Phi) is 6.17. The van der Waals surface area contributed by atoms with Gasteiger partial charge < -0.3 is 10.1 Å².